The number of hydrogen-bond acceptors (Lipinski definition) is 3. The van der Waals surface area contributed by atoms with Crippen LogP contribution < -0.4 is 4.57 Å². The molecule has 0 atom stereocenters. The molecule has 0 radical (unpaired) electrons. The Balaban J connectivity index is 0.000000232. The quantitative estimate of drug-likeness (QED) is 0.425. The van der Waals surface area contributed by atoms with Gasteiger partial charge >= 0.3 is 10.4 Å². The summed E-state index contributed by atoms with van der Waals surface area (Å²) in [6, 6.07) is 17.0. The fraction of sp³-hybridized carbons (Fsp3) is 0.133. The van der Waals surface area contributed by atoms with Crippen LogP contribution in [0.3, 0.4) is 0 Å². The topological polar surface area (TPSA) is 67.5 Å². The first-order valence-corrected chi connectivity index (χ1v) is 7.58. The highest BCUT2D eigenvalue weighted by Gasteiger charge is 2.07. The van der Waals surface area contributed by atoms with Gasteiger partial charge in [-0.25, -0.2) is 4.57 Å². The van der Waals surface area contributed by atoms with Gasteiger partial charge in [0.05, 0.1) is 12.5 Å². The van der Waals surface area contributed by atoms with Crippen LogP contribution in [-0.4, -0.2) is 20.1 Å². The van der Waals surface area contributed by atoms with E-state index < -0.39 is 10.4 Å². The second kappa shape index (κ2) is 6.17. The molecule has 21 heavy (non-hydrogen) atoms. The highest BCUT2D eigenvalue weighted by Crippen LogP contribution is 2.21. The summed E-state index contributed by atoms with van der Waals surface area (Å²) in [4.78, 5) is 0. The molecule has 0 spiro atoms. The lowest BCUT2D eigenvalue weighted by molar-refractivity contribution is -0.643. The number of pyridine rings is 1. The molecule has 3 aromatic rings. The van der Waals surface area contributed by atoms with Crippen molar-refractivity contribution in [2.45, 2.75) is 0 Å². The molecule has 1 aromatic heterocycles. The van der Waals surface area contributed by atoms with E-state index in [1.54, 1.807) is 0 Å². The molecule has 1 heterocycles. The van der Waals surface area contributed by atoms with Gasteiger partial charge in [0.1, 0.15) is 7.05 Å². The molecule has 0 unspecified atom stereocenters. The van der Waals surface area contributed by atoms with Gasteiger partial charge in [-0.05, 0) is 12.1 Å². The van der Waals surface area contributed by atoms with Gasteiger partial charge in [-0.3, -0.25) is 8.74 Å². The van der Waals surface area contributed by atoms with E-state index in [1.165, 1.54) is 21.7 Å². The zero-order chi connectivity index (χ0) is 15.5. The van der Waals surface area contributed by atoms with Gasteiger partial charge < -0.3 is 0 Å². The highest BCUT2D eigenvalue weighted by molar-refractivity contribution is 7.80. The van der Waals surface area contributed by atoms with E-state index in [-0.39, 0.29) is 0 Å². The molecule has 0 fully saturated rings. The van der Waals surface area contributed by atoms with E-state index in [9.17, 15) is 8.42 Å². The van der Waals surface area contributed by atoms with E-state index in [4.69, 9.17) is 4.55 Å². The maximum atomic E-state index is 9.33. The Morgan fingerprint density at radius 1 is 1.00 bits per heavy atom. The summed E-state index contributed by atoms with van der Waals surface area (Å²) in [6.45, 7) is 0. The van der Waals surface area contributed by atoms with Gasteiger partial charge in [-0.1, -0.05) is 30.3 Å². The van der Waals surface area contributed by atoms with Crippen molar-refractivity contribution in [1.82, 2.24) is 0 Å². The maximum absolute atomic E-state index is 9.33. The van der Waals surface area contributed by atoms with E-state index in [1.807, 2.05) is 0 Å². The Kier molecular flexibility index (Phi) is 4.52. The summed E-state index contributed by atoms with van der Waals surface area (Å²) in [5.74, 6) is 0. The summed E-state index contributed by atoms with van der Waals surface area (Å²) in [5.41, 5.74) is 1.27. The SMILES string of the molecule is COS(=O)(=O)O.C[n+]1cc2ccccc2c2ccccc21. The van der Waals surface area contributed by atoms with Crippen LogP contribution in [0.5, 0.6) is 0 Å². The van der Waals surface area contributed by atoms with Gasteiger partial charge in [-0.15, -0.1) is 0 Å². The Morgan fingerprint density at radius 3 is 2.14 bits per heavy atom. The van der Waals surface area contributed by atoms with Crippen molar-refractivity contribution in [2.75, 3.05) is 7.11 Å². The minimum atomic E-state index is -4.16. The molecular weight excluding hydrogens is 290 g/mol. The Hall–Kier alpha value is -2.02. The zero-order valence-electron chi connectivity index (χ0n) is 11.7. The first kappa shape index (κ1) is 15.4. The van der Waals surface area contributed by atoms with Gasteiger partial charge in [0, 0.05) is 16.8 Å². The molecule has 2 aromatic carbocycles. The third-order valence-electron chi connectivity index (χ3n) is 3.08. The second-order valence-corrected chi connectivity index (χ2v) is 5.63. The van der Waals surface area contributed by atoms with Crippen molar-refractivity contribution < 1.29 is 21.7 Å². The lowest BCUT2D eigenvalue weighted by atomic mass is 10.1. The molecule has 0 aliphatic heterocycles. The van der Waals surface area contributed by atoms with E-state index >= 15 is 0 Å². The van der Waals surface area contributed by atoms with Crippen LogP contribution in [0.2, 0.25) is 0 Å². The average molecular weight is 306 g/mol. The lowest BCUT2D eigenvalue weighted by Crippen LogP contribution is -2.28. The van der Waals surface area contributed by atoms with Crippen molar-refractivity contribution >= 4 is 32.1 Å². The van der Waals surface area contributed by atoms with Crippen molar-refractivity contribution in [3.8, 4) is 0 Å². The number of nitrogens with zero attached hydrogens (tertiary/aromatic N) is 1. The molecule has 6 heteroatoms. The van der Waals surface area contributed by atoms with Crippen LogP contribution in [0, 0.1) is 0 Å². The fourth-order valence-corrected chi connectivity index (χ4v) is 2.14. The van der Waals surface area contributed by atoms with Gasteiger partial charge in [-0.2, -0.15) is 8.42 Å². The standard InChI is InChI=1S/C14H12N.CH4O4S/c1-15-10-11-6-2-3-7-12(11)13-8-4-5-9-14(13)15;1-5-6(2,3)4/h2-10H,1H3;1H3,(H,2,3,4)/q+1;. The number of hydrogen-bond donors (Lipinski definition) is 1. The maximum Gasteiger partial charge on any atom is 0.397 e. The van der Waals surface area contributed by atoms with Crippen molar-refractivity contribution in [1.29, 1.82) is 0 Å². The second-order valence-electron chi connectivity index (χ2n) is 4.44. The van der Waals surface area contributed by atoms with E-state index in [0.717, 1.165) is 7.11 Å². The molecule has 3 rings (SSSR count). The number of aryl methyl sites for hydroxylation is 1. The number of benzene rings is 2. The van der Waals surface area contributed by atoms with Crippen LogP contribution in [0.4, 0.5) is 0 Å². The molecule has 0 aliphatic carbocycles. The number of fused-ring (bicyclic) bond motifs is 3. The van der Waals surface area contributed by atoms with Gasteiger partial charge in [0.2, 0.25) is 5.52 Å². The number of aromatic nitrogens is 1. The normalized spacial score (nSPS) is 11.2. The van der Waals surface area contributed by atoms with Gasteiger partial charge in [0.25, 0.3) is 0 Å². The van der Waals surface area contributed by atoms with Crippen LogP contribution in [-0.2, 0) is 21.6 Å². The minimum absolute atomic E-state index is 0.870. The first-order chi connectivity index (χ1) is 9.92. The Labute approximate surface area is 123 Å². The Bertz CT molecular complexity index is 875. The molecule has 0 saturated carbocycles. The van der Waals surface area contributed by atoms with Crippen molar-refractivity contribution in [2.24, 2.45) is 7.05 Å². The fourth-order valence-electron chi connectivity index (χ4n) is 2.14. The van der Waals surface area contributed by atoms with Gasteiger partial charge in [0.15, 0.2) is 6.20 Å². The lowest BCUT2D eigenvalue weighted by Gasteiger charge is -2.01. The largest absolute Gasteiger partial charge is 0.397 e. The zero-order valence-corrected chi connectivity index (χ0v) is 12.5. The summed E-state index contributed by atoms with van der Waals surface area (Å²) in [6.07, 6.45) is 2.18. The summed E-state index contributed by atoms with van der Waals surface area (Å²) < 4.78 is 31.9. The van der Waals surface area contributed by atoms with Crippen molar-refractivity contribution in [3.05, 3.63) is 54.7 Å². The third-order valence-corrected chi connectivity index (χ3v) is 3.50. The monoisotopic (exact) mass is 306 g/mol. The summed E-state index contributed by atoms with van der Waals surface area (Å²) >= 11 is 0. The van der Waals surface area contributed by atoms with Crippen LogP contribution >= 0.6 is 0 Å². The average Bonchev–Trinajstić information content (AvgIpc) is 2.48. The molecule has 0 saturated heterocycles. The predicted octanol–water partition coefficient (Wildman–Crippen LogP) is 2.25. The molecule has 1 N–H and O–H groups in total. The van der Waals surface area contributed by atoms with E-state index in [0.29, 0.717) is 0 Å². The molecule has 0 aliphatic rings. The molecule has 110 valence electrons. The summed E-state index contributed by atoms with van der Waals surface area (Å²) in [7, 11) is -1.20. The number of para-hydroxylation sites is 1. The third kappa shape index (κ3) is 3.75. The molecular formula is C15H16NO4S+. The van der Waals surface area contributed by atoms with Crippen LogP contribution in [0.25, 0.3) is 21.7 Å². The smallest absolute Gasteiger partial charge is 0.264 e. The summed E-state index contributed by atoms with van der Waals surface area (Å²) in [5, 5.41) is 3.93. The van der Waals surface area contributed by atoms with Crippen LogP contribution in [0.15, 0.2) is 54.7 Å². The molecule has 0 amide bonds. The van der Waals surface area contributed by atoms with E-state index in [2.05, 4.69) is 70.5 Å². The highest BCUT2D eigenvalue weighted by atomic mass is 32.3. The Morgan fingerprint density at radius 2 is 1.52 bits per heavy atom. The molecule has 0 bridgehead atoms. The first-order valence-electron chi connectivity index (χ1n) is 6.21. The van der Waals surface area contributed by atoms with Crippen molar-refractivity contribution in [3.63, 3.8) is 0 Å². The molecule has 5 nitrogen and oxygen atoms in total. The van der Waals surface area contributed by atoms with Crippen LogP contribution in [0.1, 0.15) is 0 Å². The predicted molar refractivity (Wildman–Crippen MR) is 81.2 cm³/mol. The minimum Gasteiger partial charge on any atom is -0.264 e. The number of rotatable bonds is 1.